The number of rotatable bonds is 11. The van der Waals surface area contributed by atoms with Crippen LogP contribution in [-0.4, -0.2) is 47.0 Å². The lowest BCUT2D eigenvalue weighted by Gasteiger charge is -2.36. The molecule has 1 saturated heterocycles. The van der Waals surface area contributed by atoms with Gasteiger partial charge in [-0.25, -0.2) is 0 Å². The van der Waals surface area contributed by atoms with Gasteiger partial charge in [-0.3, -0.25) is 0 Å². The minimum absolute atomic E-state index is 0.208. The van der Waals surface area contributed by atoms with Gasteiger partial charge in [0.25, 0.3) is 0 Å². The van der Waals surface area contributed by atoms with E-state index in [-0.39, 0.29) is 6.10 Å². The first-order valence-electron chi connectivity index (χ1n) is 10.4. The van der Waals surface area contributed by atoms with Gasteiger partial charge < -0.3 is 9.64 Å². The van der Waals surface area contributed by atoms with Crippen LogP contribution in [0.15, 0.2) is 12.3 Å². The van der Waals surface area contributed by atoms with Gasteiger partial charge in [-0.2, -0.15) is 24.4 Å². The van der Waals surface area contributed by atoms with Gasteiger partial charge >= 0.3 is 0 Å². The maximum absolute atomic E-state index is 6.26. The predicted molar refractivity (Wildman–Crippen MR) is 116 cm³/mol. The highest BCUT2D eigenvalue weighted by atomic mass is 32.2. The zero-order valence-corrected chi connectivity index (χ0v) is 18.2. The molecule has 1 aliphatic carbocycles. The van der Waals surface area contributed by atoms with Crippen LogP contribution < -0.4 is 0 Å². The highest BCUT2D eigenvalue weighted by Gasteiger charge is 2.38. The molecule has 0 spiro atoms. The molecule has 2 atom stereocenters. The van der Waals surface area contributed by atoms with Crippen LogP contribution >= 0.6 is 24.4 Å². The van der Waals surface area contributed by atoms with Gasteiger partial charge in [0.1, 0.15) is 0 Å². The van der Waals surface area contributed by atoms with Crippen molar-refractivity contribution < 1.29 is 4.74 Å². The van der Waals surface area contributed by atoms with Crippen molar-refractivity contribution in [3.63, 3.8) is 0 Å². The molecule has 1 heterocycles. The van der Waals surface area contributed by atoms with Gasteiger partial charge in [0.2, 0.25) is 0 Å². The summed E-state index contributed by atoms with van der Waals surface area (Å²) in [4.78, 5) is 2.53. The van der Waals surface area contributed by atoms with Gasteiger partial charge in [0.15, 0.2) is 0 Å². The first kappa shape index (κ1) is 21.5. The van der Waals surface area contributed by atoms with Crippen LogP contribution in [0.4, 0.5) is 0 Å². The fourth-order valence-electron chi connectivity index (χ4n) is 4.27. The molecule has 0 aromatic carbocycles. The molecular formula is C21H39NOS2. The van der Waals surface area contributed by atoms with Crippen molar-refractivity contribution in [3.05, 3.63) is 12.3 Å². The molecule has 25 heavy (non-hydrogen) atoms. The summed E-state index contributed by atoms with van der Waals surface area (Å²) in [5.74, 6) is 2.75. The van der Waals surface area contributed by atoms with Crippen molar-refractivity contribution in [2.24, 2.45) is 5.92 Å². The van der Waals surface area contributed by atoms with Crippen LogP contribution in [0.1, 0.15) is 71.6 Å². The monoisotopic (exact) mass is 385 g/mol. The lowest BCUT2D eigenvalue weighted by Crippen LogP contribution is -2.37. The van der Waals surface area contributed by atoms with E-state index in [1.807, 2.05) is 0 Å². The topological polar surface area (TPSA) is 12.5 Å². The molecule has 0 N–H and O–H groups in total. The van der Waals surface area contributed by atoms with Gasteiger partial charge in [-0.05, 0) is 44.3 Å². The number of ether oxygens (including phenoxy) is 1. The fraction of sp³-hybridized carbons (Fsp3) is 0.905. The van der Waals surface area contributed by atoms with Gasteiger partial charge in [-0.15, -0.1) is 0 Å². The number of thioether (sulfide) groups is 1. The van der Waals surface area contributed by atoms with E-state index in [1.165, 1.54) is 69.2 Å². The van der Waals surface area contributed by atoms with Crippen LogP contribution in [0.5, 0.6) is 0 Å². The quantitative estimate of drug-likeness (QED) is 0.357. The summed E-state index contributed by atoms with van der Waals surface area (Å²) in [6.07, 6.45) is 12.2. The Kier molecular flexibility index (Phi) is 9.58. The van der Waals surface area contributed by atoms with E-state index in [0.29, 0.717) is 10.7 Å². The van der Waals surface area contributed by atoms with Crippen molar-refractivity contribution >= 4 is 24.4 Å². The number of unbranched alkanes of at least 4 members (excludes halogenated alkanes) is 2. The van der Waals surface area contributed by atoms with E-state index >= 15 is 0 Å². The molecule has 0 aromatic rings. The average Bonchev–Trinajstić information content (AvgIpc) is 3.02. The number of nitrogens with zero attached hydrogens (tertiary/aromatic N) is 1. The Hall–Kier alpha value is 0.200. The standard InChI is InChI=1S/C21H39NOS2/c1-4-5-9-16-25-21(3)12-13-22(17-21)18(2)20(23-14-15-24)19-10-7-6-8-11-19/h19-20,24H,2,4-17H2,1,3H3. The molecule has 2 nitrogen and oxygen atoms in total. The Bertz CT molecular complexity index is 397. The Morgan fingerprint density at radius 2 is 2.08 bits per heavy atom. The molecule has 0 amide bonds. The van der Waals surface area contributed by atoms with Gasteiger partial charge in [-0.1, -0.05) is 45.6 Å². The molecule has 2 unspecified atom stereocenters. The molecule has 146 valence electrons. The SMILES string of the molecule is C=C(C(OCCS)C1CCCCC1)N1CCC(C)(SCCCCC)C1. The second kappa shape index (κ2) is 11.1. The first-order chi connectivity index (χ1) is 12.1. The minimum Gasteiger partial charge on any atom is -0.372 e. The smallest absolute Gasteiger partial charge is 0.0993 e. The molecule has 0 aromatic heterocycles. The average molecular weight is 386 g/mol. The Balaban J connectivity index is 1.89. The van der Waals surface area contributed by atoms with Crippen LogP contribution in [-0.2, 0) is 4.74 Å². The number of hydrogen-bond donors (Lipinski definition) is 1. The summed E-state index contributed by atoms with van der Waals surface area (Å²) >= 11 is 6.53. The zero-order chi connectivity index (χ0) is 18.1. The molecule has 2 aliphatic rings. The normalized spacial score (nSPS) is 26.1. The van der Waals surface area contributed by atoms with Crippen molar-refractivity contribution in [2.75, 3.05) is 31.2 Å². The predicted octanol–water partition coefficient (Wildman–Crippen LogP) is 5.78. The maximum Gasteiger partial charge on any atom is 0.0993 e. The van der Waals surface area contributed by atoms with Crippen LogP contribution in [0.2, 0.25) is 0 Å². The second-order valence-corrected chi connectivity index (χ2v) is 10.2. The molecule has 2 fully saturated rings. The van der Waals surface area contributed by atoms with E-state index in [2.05, 4.69) is 49.7 Å². The lowest BCUT2D eigenvalue weighted by atomic mass is 9.84. The molecular weight excluding hydrogens is 346 g/mol. The van der Waals surface area contributed by atoms with Crippen molar-refractivity contribution in [2.45, 2.75) is 82.5 Å². The van der Waals surface area contributed by atoms with E-state index in [1.54, 1.807) is 0 Å². The molecule has 1 aliphatic heterocycles. The van der Waals surface area contributed by atoms with Crippen molar-refractivity contribution in [3.8, 4) is 0 Å². The number of thiol groups is 1. The Labute approximate surface area is 165 Å². The Morgan fingerprint density at radius 3 is 2.76 bits per heavy atom. The highest BCUT2D eigenvalue weighted by molar-refractivity contribution is 8.00. The summed E-state index contributed by atoms with van der Waals surface area (Å²) in [6.45, 7) is 12.2. The third kappa shape index (κ3) is 6.70. The summed E-state index contributed by atoms with van der Waals surface area (Å²) in [7, 11) is 0. The largest absolute Gasteiger partial charge is 0.372 e. The number of hydrogen-bond acceptors (Lipinski definition) is 4. The van der Waals surface area contributed by atoms with Gasteiger partial charge in [0.05, 0.1) is 12.7 Å². The maximum atomic E-state index is 6.26. The molecule has 0 bridgehead atoms. The number of likely N-dealkylation sites (tertiary alicyclic amines) is 1. The van der Waals surface area contributed by atoms with Crippen LogP contribution in [0.3, 0.4) is 0 Å². The fourth-order valence-corrected chi connectivity index (χ4v) is 5.70. The van der Waals surface area contributed by atoms with E-state index in [9.17, 15) is 0 Å². The van der Waals surface area contributed by atoms with Crippen LogP contribution in [0, 0.1) is 5.92 Å². The lowest BCUT2D eigenvalue weighted by molar-refractivity contribution is 0.0175. The van der Waals surface area contributed by atoms with Crippen LogP contribution in [0.25, 0.3) is 0 Å². The minimum atomic E-state index is 0.208. The second-order valence-electron chi connectivity index (χ2n) is 8.08. The Morgan fingerprint density at radius 1 is 1.32 bits per heavy atom. The first-order valence-corrected chi connectivity index (χ1v) is 12.0. The molecule has 2 rings (SSSR count). The third-order valence-electron chi connectivity index (χ3n) is 5.84. The summed E-state index contributed by atoms with van der Waals surface area (Å²) < 4.78 is 6.65. The third-order valence-corrected chi connectivity index (χ3v) is 7.54. The summed E-state index contributed by atoms with van der Waals surface area (Å²) in [5.41, 5.74) is 1.24. The van der Waals surface area contributed by atoms with Gasteiger partial charge in [0, 0.05) is 29.3 Å². The van der Waals surface area contributed by atoms with Crippen molar-refractivity contribution in [1.82, 2.24) is 4.90 Å². The molecule has 0 radical (unpaired) electrons. The van der Waals surface area contributed by atoms with E-state index in [4.69, 9.17) is 4.74 Å². The van der Waals surface area contributed by atoms with E-state index in [0.717, 1.165) is 25.4 Å². The summed E-state index contributed by atoms with van der Waals surface area (Å²) in [6, 6.07) is 0. The van der Waals surface area contributed by atoms with Crippen molar-refractivity contribution in [1.29, 1.82) is 0 Å². The summed E-state index contributed by atoms with van der Waals surface area (Å²) in [5, 5.41) is 0. The molecule has 4 heteroatoms. The van der Waals surface area contributed by atoms with E-state index < -0.39 is 0 Å². The zero-order valence-electron chi connectivity index (χ0n) is 16.5. The highest BCUT2D eigenvalue weighted by Crippen LogP contribution is 2.39. The molecule has 1 saturated carbocycles.